The fourth-order valence-electron chi connectivity index (χ4n) is 4.89. The molecular formula is C30H23NO3. The number of esters is 1. The third-order valence-corrected chi connectivity index (χ3v) is 6.47. The number of para-hydroxylation sites is 1. The summed E-state index contributed by atoms with van der Waals surface area (Å²) in [5.74, 6) is 0.486. The number of hydrogen-bond donors (Lipinski definition) is 0. The monoisotopic (exact) mass is 445 g/mol. The van der Waals surface area contributed by atoms with E-state index in [1.807, 2.05) is 66.7 Å². The number of carbonyl (C=O) groups excluding carboxylic acids is 1. The minimum absolute atomic E-state index is 0.223. The molecule has 4 nitrogen and oxygen atoms in total. The van der Waals surface area contributed by atoms with Gasteiger partial charge in [0.1, 0.15) is 12.4 Å². The Balaban J connectivity index is 1.42. The van der Waals surface area contributed by atoms with Crippen LogP contribution in [-0.4, -0.2) is 11.0 Å². The van der Waals surface area contributed by atoms with E-state index in [0.717, 1.165) is 69.1 Å². The predicted octanol–water partition coefficient (Wildman–Crippen LogP) is 7.21. The lowest BCUT2D eigenvalue weighted by atomic mass is 9.86. The van der Waals surface area contributed by atoms with Gasteiger partial charge in [-0.1, -0.05) is 60.7 Å². The summed E-state index contributed by atoms with van der Waals surface area (Å²) in [6.07, 6.45) is 6.33. The molecule has 4 heteroatoms. The summed E-state index contributed by atoms with van der Waals surface area (Å²) in [5.41, 5.74) is 5.35. The number of nitrogens with zero attached hydrogens (tertiary/aromatic N) is 1. The van der Waals surface area contributed by atoms with Crippen LogP contribution in [0.2, 0.25) is 0 Å². The summed E-state index contributed by atoms with van der Waals surface area (Å²) < 4.78 is 11.5. The summed E-state index contributed by atoms with van der Waals surface area (Å²) >= 11 is 0. The molecule has 0 amide bonds. The Morgan fingerprint density at radius 3 is 2.62 bits per heavy atom. The molecule has 0 bridgehead atoms. The van der Waals surface area contributed by atoms with Crippen molar-refractivity contribution in [3.05, 3.63) is 113 Å². The number of ether oxygens (including phenoxy) is 1. The second kappa shape index (κ2) is 8.64. The van der Waals surface area contributed by atoms with Crippen LogP contribution in [0.3, 0.4) is 0 Å². The number of aromatic nitrogens is 1. The second-order valence-corrected chi connectivity index (χ2v) is 8.58. The Hall–Kier alpha value is -4.18. The first-order valence-corrected chi connectivity index (χ1v) is 11.6. The highest BCUT2D eigenvalue weighted by molar-refractivity contribution is 6.06. The van der Waals surface area contributed by atoms with Crippen LogP contribution >= 0.6 is 0 Å². The lowest BCUT2D eigenvalue weighted by molar-refractivity contribution is 0.0475. The van der Waals surface area contributed by atoms with E-state index in [-0.39, 0.29) is 12.6 Å². The largest absolute Gasteiger partial charge is 0.465 e. The number of hydrogen-bond acceptors (Lipinski definition) is 4. The minimum Gasteiger partial charge on any atom is -0.465 e. The normalized spacial score (nSPS) is 14.4. The molecule has 0 N–H and O–H groups in total. The average Bonchev–Trinajstić information content (AvgIpc) is 3.39. The molecule has 0 spiro atoms. The zero-order valence-corrected chi connectivity index (χ0v) is 18.7. The van der Waals surface area contributed by atoms with Crippen LogP contribution in [0.5, 0.6) is 0 Å². The third-order valence-electron chi connectivity index (χ3n) is 6.47. The predicted molar refractivity (Wildman–Crippen MR) is 134 cm³/mol. The number of carbonyl (C=O) groups is 1. The van der Waals surface area contributed by atoms with Gasteiger partial charge in [-0.15, -0.1) is 0 Å². The van der Waals surface area contributed by atoms with Gasteiger partial charge in [-0.05, 0) is 71.0 Å². The van der Waals surface area contributed by atoms with Crippen molar-refractivity contribution in [3.63, 3.8) is 0 Å². The van der Waals surface area contributed by atoms with Crippen molar-refractivity contribution in [2.45, 2.75) is 25.9 Å². The SMILES string of the molecule is O=C(OCc1cccc2ccccc12)c1c2c(nc3ccccc13)C(=Cc1ccco1)CCC2. The first-order valence-electron chi connectivity index (χ1n) is 11.6. The van der Waals surface area contributed by atoms with Gasteiger partial charge >= 0.3 is 5.97 Å². The van der Waals surface area contributed by atoms with Gasteiger partial charge in [-0.2, -0.15) is 0 Å². The van der Waals surface area contributed by atoms with Crippen molar-refractivity contribution in [3.8, 4) is 0 Å². The first-order chi connectivity index (χ1) is 16.8. The van der Waals surface area contributed by atoms with Crippen molar-refractivity contribution < 1.29 is 13.9 Å². The van der Waals surface area contributed by atoms with Crippen LogP contribution in [0, 0.1) is 0 Å². The fourth-order valence-corrected chi connectivity index (χ4v) is 4.89. The molecule has 0 saturated carbocycles. The van der Waals surface area contributed by atoms with E-state index in [9.17, 15) is 4.79 Å². The van der Waals surface area contributed by atoms with Gasteiger partial charge in [0.15, 0.2) is 0 Å². The lowest BCUT2D eigenvalue weighted by Gasteiger charge is -2.22. The zero-order chi connectivity index (χ0) is 22.9. The number of fused-ring (bicyclic) bond motifs is 3. The Morgan fingerprint density at radius 1 is 0.912 bits per heavy atom. The molecule has 0 radical (unpaired) electrons. The molecule has 0 fully saturated rings. The Kier molecular flexibility index (Phi) is 5.19. The highest BCUT2D eigenvalue weighted by Gasteiger charge is 2.26. The molecule has 2 aromatic heterocycles. The average molecular weight is 446 g/mol. The van der Waals surface area contributed by atoms with Gasteiger partial charge in [0.05, 0.1) is 23.0 Å². The number of furan rings is 1. The van der Waals surface area contributed by atoms with Gasteiger partial charge in [0, 0.05) is 5.39 Å². The molecule has 1 aliphatic carbocycles. The smallest absolute Gasteiger partial charge is 0.339 e. The van der Waals surface area contributed by atoms with E-state index in [4.69, 9.17) is 14.1 Å². The van der Waals surface area contributed by atoms with E-state index in [0.29, 0.717) is 5.56 Å². The van der Waals surface area contributed by atoms with E-state index >= 15 is 0 Å². The van der Waals surface area contributed by atoms with Crippen molar-refractivity contribution >= 4 is 39.3 Å². The summed E-state index contributed by atoms with van der Waals surface area (Å²) in [5, 5.41) is 3.07. The zero-order valence-electron chi connectivity index (χ0n) is 18.7. The molecule has 0 saturated heterocycles. The molecular weight excluding hydrogens is 422 g/mol. The maximum Gasteiger partial charge on any atom is 0.339 e. The Labute approximate surface area is 197 Å². The third kappa shape index (κ3) is 3.67. The van der Waals surface area contributed by atoms with E-state index < -0.39 is 0 Å². The molecule has 166 valence electrons. The van der Waals surface area contributed by atoms with Gasteiger partial charge < -0.3 is 9.15 Å². The van der Waals surface area contributed by atoms with Crippen LogP contribution in [0.1, 0.15) is 45.8 Å². The standard InChI is InChI=1S/C30H23NO3/c32-30(34-19-22-11-5-9-20-8-1-2-13-24(20)22)28-25-14-3-4-16-27(25)31-29-21(10-6-15-26(28)29)18-23-12-7-17-33-23/h1-5,7-9,11-14,16-18H,6,10,15,19H2. The topological polar surface area (TPSA) is 52.3 Å². The van der Waals surface area contributed by atoms with E-state index in [1.165, 1.54) is 0 Å². The second-order valence-electron chi connectivity index (χ2n) is 8.58. The van der Waals surface area contributed by atoms with E-state index in [1.54, 1.807) is 6.26 Å². The molecule has 5 aromatic rings. The van der Waals surface area contributed by atoms with Gasteiger partial charge in [-0.3, -0.25) is 0 Å². The van der Waals surface area contributed by atoms with Crippen LogP contribution in [0.25, 0.3) is 33.3 Å². The number of benzene rings is 3. The van der Waals surface area contributed by atoms with Crippen molar-refractivity contribution in [1.29, 1.82) is 0 Å². The van der Waals surface area contributed by atoms with Crippen LogP contribution in [0.15, 0.2) is 89.5 Å². The highest BCUT2D eigenvalue weighted by atomic mass is 16.5. The molecule has 34 heavy (non-hydrogen) atoms. The quantitative estimate of drug-likeness (QED) is 0.274. The van der Waals surface area contributed by atoms with Gasteiger partial charge in [-0.25, -0.2) is 9.78 Å². The van der Waals surface area contributed by atoms with Crippen LogP contribution < -0.4 is 0 Å². The molecule has 0 atom stereocenters. The maximum absolute atomic E-state index is 13.6. The molecule has 0 aliphatic heterocycles. The Morgan fingerprint density at radius 2 is 1.74 bits per heavy atom. The lowest BCUT2D eigenvalue weighted by Crippen LogP contribution is -2.15. The Bertz CT molecular complexity index is 1540. The first kappa shape index (κ1) is 20.4. The van der Waals surface area contributed by atoms with Crippen LogP contribution in [0.4, 0.5) is 0 Å². The molecule has 1 aliphatic rings. The molecule has 0 unspecified atom stereocenters. The number of pyridine rings is 1. The number of allylic oxidation sites excluding steroid dienone is 1. The molecule has 2 heterocycles. The van der Waals surface area contributed by atoms with Gasteiger partial charge in [0.2, 0.25) is 0 Å². The summed E-state index contributed by atoms with van der Waals surface area (Å²) in [6, 6.07) is 25.9. The van der Waals surface area contributed by atoms with Gasteiger partial charge in [0.25, 0.3) is 0 Å². The van der Waals surface area contributed by atoms with Crippen molar-refractivity contribution in [1.82, 2.24) is 4.98 Å². The number of rotatable bonds is 4. The van der Waals surface area contributed by atoms with Crippen LogP contribution in [-0.2, 0) is 17.8 Å². The van der Waals surface area contributed by atoms with Crippen molar-refractivity contribution in [2.75, 3.05) is 0 Å². The summed E-state index contributed by atoms with van der Waals surface area (Å²) in [7, 11) is 0. The van der Waals surface area contributed by atoms with E-state index in [2.05, 4.69) is 18.2 Å². The highest BCUT2D eigenvalue weighted by Crippen LogP contribution is 2.36. The fraction of sp³-hybridized carbons (Fsp3) is 0.133. The maximum atomic E-state index is 13.6. The molecule has 3 aromatic carbocycles. The minimum atomic E-state index is -0.304. The van der Waals surface area contributed by atoms with Crippen molar-refractivity contribution in [2.24, 2.45) is 0 Å². The summed E-state index contributed by atoms with van der Waals surface area (Å²) in [6.45, 7) is 0.223. The molecule has 6 rings (SSSR count). The summed E-state index contributed by atoms with van der Waals surface area (Å²) in [4.78, 5) is 18.5.